The minimum Gasteiger partial charge on any atom is -0.376 e. The van der Waals surface area contributed by atoms with E-state index in [1.807, 2.05) is 7.05 Å². The molecule has 21 heavy (non-hydrogen) atoms. The van der Waals surface area contributed by atoms with Gasteiger partial charge in [-0.25, -0.2) is 9.97 Å². The molecule has 1 aromatic heterocycles. The van der Waals surface area contributed by atoms with Gasteiger partial charge < -0.3 is 15.4 Å². The third-order valence-electron chi connectivity index (χ3n) is 4.46. The first-order valence-corrected chi connectivity index (χ1v) is 8.04. The maximum atomic E-state index is 5.91. The van der Waals surface area contributed by atoms with Crippen LogP contribution in [-0.2, 0) is 4.74 Å². The van der Waals surface area contributed by atoms with Crippen molar-refractivity contribution >= 4 is 11.6 Å². The fourth-order valence-corrected chi connectivity index (χ4v) is 3.01. The van der Waals surface area contributed by atoms with Crippen molar-refractivity contribution in [2.75, 3.05) is 24.3 Å². The molecule has 0 amide bonds. The van der Waals surface area contributed by atoms with Crippen molar-refractivity contribution in [1.29, 1.82) is 0 Å². The van der Waals surface area contributed by atoms with Crippen LogP contribution >= 0.6 is 0 Å². The standard InChI is InChI=1S/C16H26N4O/c1-9(2)14-19-15(17-4)10(3)16(20-14)18-12-7-8-21-13(12)11-5-6-11/h9,11-13H,5-8H2,1-4H3,(H2,17,18,19,20). The highest BCUT2D eigenvalue weighted by molar-refractivity contribution is 5.57. The van der Waals surface area contributed by atoms with Gasteiger partial charge in [0, 0.05) is 25.1 Å². The SMILES string of the molecule is CNc1nc(C(C)C)nc(NC2CCOC2C2CC2)c1C. The van der Waals surface area contributed by atoms with Crippen LogP contribution < -0.4 is 10.6 Å². The van der Waals surface area contributed by atoms with Crippen molar-refractivity contribution < 1.29 is 4.74 Å². The smallest absolute Gasteiger partial charge is 0.135 e. The average Bonchev–Trinajstić information content (AvgIpc) is 3.21. The van der Waals surface area contributed by atoms with Crippen LogP contribution in [0.5, 0.6) is 0 Å². The summed E-state index contributed by atoms with van der Waals surface area (Å²) in [5.41, 5.74) is 1.09. The fourth-order valence-electron chi connectivity index (χ4n) is 3.01. The molecule has 0 spiro atoms. The van der Waals surface area contributed by atoms with Gasteiger partial charge in [-0.2, -0.15) is 0 Å². The van der Waals surface area contributed by atoms with Gasteiger partial charge in [0.05, 0.1) is 12.1 Å². The zero-order chi connectivity index (χ0) is 15.0. The molecule has 0 radical (unpaired) electrons. The Kier molecular flexibility index (Phi) is 4.02. The Bertz CT molecular complexity index is 513. The molecule has 3 rings (SSSR count). The first-order chi connectivity index (χ1) is 10.1. The van der Waals surface area contributed by atoms with Gasteiger partial charge in [-0.1, -0.05) is 13.8 Å². The molecule has 1 saturated carbocycles. The Labute approximate surface area is 126 Å². The number of hydrogen-bond acceptors (Lipinski definition) is 5. The van der Waals surface area contributed by atoms with Gasteiger partial charge in [0.2, 0.25) is 0 Å². The molecule has 0 bridgehead atoms. The Morgan fingerprint density at radius 3 is 2.48 bits per heavy atom. The van der Waals surface area contributed by atoms with Crippen molar-refractivity contribution in [3.63, 3.8) is 0 Å². The number of hydrogen-bond donors (Lipinski definition) is 2. The summed E-state index contributed by atoms with van der Waals surface area (Å²) in [7, 11) is 1.91. The lowest BCUT2D eigenvalue weighted by Gasteiger charge is -2.22. The van der Waals surface area contributed by atoms with E-state index in [2.05, 4.69) is 36.4 Å². The number of aromatic nitrogens is 2. The second-order valence-electron chi connectivity index (χ2n) is 6.52. The summed E-state index contributed by atoms with van der Waals surface area (Å²) in [6.45, 7) is 7.18. The van der Waals surface area contributed by atoms with Crippen LogP contribution in [0.1, 0.15) is 50.4 Å². The van der Waals surface area contributed by atoms with E-state index in [1.165, 1.54) is 12.8 Å². The summed E-state index contributed by atoms with van der Waals surface area (Å²) in [6, 6.07) is 0.385. The van der Waals surface area contributed by atoms with Gasteiger partial charge in [0.25, 0.3) is 0 Å². The molecule has 2 fully saturated rings. The average molecular weight is 290 g/mol. The van der Waals surface area contributed by atoms with Crippen LogP contribution in [0.4, 0.5) is 11.6 Å². The molecular formula is C16H26N4O. The lowest BCUT2D eigenvalue weighted by molar-refractivity contribution is 0.0898. The first-order valence-electron chi connectivity index (χ1n) is 8.04. The highest BCUT2D eigenvalue weighted by Crippen LogP contribution is 2.40. The second-order valence-corrected chi connectivity index (χ2v) is 6.52. The Hall–Kier alpha value is -1.36. The number of anilines is 2. The molecule has 2 aliphatic rings. The van der Waals surface area contributed by atoms with E-state index < -0.39 is 0 Å². The van der Waals surface area contributed by atoms with Crippen LogP contribution in [0, 0.1) is 12.8 Å². The third-order valence-corrected chi connectivity index (χ3v) is 4.46. The summed E-state index contributed by atoms with van der Waals surface area (Å²) < 4.78 is 5.91. The number of rotatable bonds is 5. The maximum Gasteiger partial charge on any atom is 0.135 e. The summed E-state index contributed by atoms with van der Waals surface area (Å²) in [5.74, 6) is 3.82. The molecule has 2 unspecified atom stereocenters. The largest absolute Gasteiger partial charge is 0.376 e. The van der Waals surface area contributed by atoms with Crippen molar-refractivity contribution in [2.24, 2.45) is 5.92 Å². The molecule has 1 saturated heterocycles. The topological polar surface area (TPSA) is 59.1 Å². The van der Waals surface area contributed by atoms with Gasteiger partial charge >= 0.3 is 0 Å². The Balaban J connectivity index is 1.84. The quantitative estimate of drug-likeness (QED) is 0.873. The van der Waals surface area contributed by atoms with Gasteiger partial charge in [-0.3, -0.25) is 0 Å². The normalized spacial score (nSPS) is 25.4. The maximum absolute atomic E-state index is 5.91. The van der Waals surface area contributed by atoms with Gasteiger partial charge in [0.15, 0.2) is 0 Å². The molecule has 5 heteroatoms. The summed E-state index contributed by atoms with van der Waals surface area (Å²) in [5, 5.41) is 6.81. The van der Waals surface area contributed by atoms with E-state index in [-0.39, 0.29) is 0 Å². The highest BCUT2D eigenvalue weighted by Gasteiger charge is 2.40. The predicted octanol–water partition coefficient (Wildman–Crippen LogP) is 2.93. The molecule has 1 aliphatic heterocycles. The Morgan fingerprint density at radius 1 is 1.14 bits per heavy atom. The molecular weight excluding hydrogens is 264 g/mol. The third kappa shape index (κ3) is 2.98. The van der Waals surface area contributed by atoms with Gasteiger partial charge in [-0.05, 0) is 32.1 Å². The van der Waals surface area contributed by atoms with Gasteiger partial charge in [-0.15, -0.1) is 0 Å². The molecule has 2 atom stereocenters. The second kappa shape index (κ2) is 5.79. The van der Waals surface area contributed by atoms with E-state index in [0.29, 0.717) is 18.1 Å². The van der Waals surface area contributed by atoms with E-state index >= 15 is 0 Å². The Morgan fingerprint density at radius 2 is 1.86 bits per heavy atom. The minimum absolute atomic E-state index is 0.317. The number of nitrogens with one attached hydrogen (secondary N) is 2. The predicted molar refractivity (Wildman–Crippen MR) is 84.9 cm³/mol. The highest BCUT2D eigenvalue weighted by atomic mass is 16.5. The molecule has 1 aliphatic carbocycles. The van der Waals surface area contributed by atoms with E-state index in [9.17, 15) is 0 Å². The molecule has 5 nitrogen and oxygen atoms in total. The van der Waals surface area contributed by atoms with Crippen LogP contribution in [-0.4, -0.2) is 35.8 Å². The zero-order valence-corrected chi connectivity index (χ0v) is 13.4. The first kappa shape index (κ1) is 14.6. The van der Waals surface area contributed by atoms with Crippen molar-refractivity contribution in [3.05, 3.63) is 11.4 Å². The van der Waals surface area contributed by atoms with Crippen LogP contribution in [0.25, 0.3) is 0 Å². The lowest BCUT2D eigenvalue weighted by Crippen LogP contribution is -2.32. The number of nitrogens with zero attached hydrogens (tertiary/aromatic N) is 2. The summed E-state index contributed by atoms with van der Waals surface area (Å²) in [6.07, 6.45) is 4.05. The van der Waals surface area contributed by atoms with Crippen LogP contribution in [0.3, 0.4) is 0 Å². The summed E-state index contributed by atoms with van der Waals surface area (Å²) in [4.78, 5) is 9.34. The van der Waals surface area contributed by atoms with E-state index in [0.717, 1.165) is 42.0 Å². The lowest BCUT2D eigenvalue weighted by atomic mass is 10.1. The summed E-state index contributed by atoms with van der Waals surface area (Å²) >= 11 is 0. The van der Waals surface area contributed by atoms with Gasteiger partial charge in [0.1, 0.15) is 17.5 Å². The molecule has 2 heterocycles. The molecule has 2 N–H and O–H groups in total. The van der Waals surface area contributed by atoms with Crippen LogP contribution in [0.15, 0.2) is 0 Å². The molecule has 116 valence electrons. The molecule has 0 aromatic carbocycles. The van der Waals surface area contributed by atoms with Crippen LogP contribution in [0.2, 0.25) is 0 Å². The van der Waals surface area contributed by atoms with E-state index in [4.69, 9.17) is 9.72 Å². The molecule has 1 aromatic rings. The monoisotopic (exact) mass is 290 g/mol. The van der Waals surface area contributed by atoms with E-state index in [1.54, 1.807) is 0 Å². The van der Waals surface area contributed by atoms with Crippen molar-refractivity contribution in [3.8, 4) is 0 Å². The van der Waals surface area contributed by atoms with Crippen molar-refractivity contribution in [2.45, 2.75) is 58.1 Å². The zero-order valence-electron chi connectivity index (χ0n) is 13.4. The fraction of sp³-hybridized carbons (Fsp3) is 0.750. The van der Waals surface area contributed by atoms with Crippen molar-refractivity contribution in [1.82, 2.24) is 9.97 Å². The number of ether oxygens (including phenoxy) is 1. The minimum atomic E-state index is 0.317.